The van der Waals surface area contributed by atoms with Gasteiger partial charge in [-0.3, -0.25) is 4.99 Å². The Balaban J connectivity index is 2.09. The van der Waals surface area contributed by atoms with E-state index >= 15 is 0 Å². The number of rotatable bonds is 8. The fraction of sp³-hybridized carbons (Fsp3) is 0.857. The molecule has 27 heavy (non-hydrogen) atoms. The third kappa shape index (κ3) is 5.46. The number of aliphatic hydroxyl groups is 3. The summed E-state index contributed by atoms with van der Waals surface area (Å²) in [5.74, 6) is 0.896. The molecule has 0 aromatic carbocycles. The summed E-state index contributed by atoms with van der Waals surface area (Å²) in [5.41, 5.74) is 5.38. The number of nitrogens with zero attached hydrogens (tertiary/aromatic N) is 1. The molecule has 6 nitrogen and oxygen atoms in total. The van der Waals surface area contributed by atoms with Crippen molar-refractivity contribution in [2.45, 2.75) is 75.9 Å². The normalized spacial score (nSPS) is 36.9. The Labute approximate surface area is 164 Å². The molecule has 0 aromatic rings. The van der Waals surface area contributed by atoms with Crippen LogP contribution >= 0.6 is 0 Å². The molecule has 0 bridgehead atoms. The lowest BCUT2D eigenvalue weighted by molar-refractivity contribution is -0.0642. The van der Waals surface area contributed by atoms with Gasteiger partial charge < -0.3 is 26.4 Å². The van der Waals surface area contributed by atoms with Crippen molar-refractivity contribution in [1.82, 2.24) is 5.32 Å². The van der Waals surface area contributed by atoms with Crippen LogP contribution in [-0.2, 0) is 0 Å². The van der Waals surface area contributed by atoms with E-state index in [4.69, 9.17) is 10.8 Å². The average molecular weight is 382 g/mol. The van der Waals surface area contributed by atoms with Gasteiger partial charge in [0.15, 0.2) is 5.96 Å². The predicted octanol–water partition coefficient (Wildman–Crippen LogP) is 1.94. The number of guanidine groups is 1. The van der Waals surface area contributed by atoms with Crippen LogP contribution in [0.2, 0.25) is 0 Å². The first kappa shape index (κ1) is 22.2. The van der Waals surface area contributed by atoms with Gasteiger partial charge in [0.1, 0.15) is 0 Å². The fourth-order valence-electron chi connectivity index (χ4n) is 5.21. The summed E-state index contributed by atoms with van der Waals surface area (Å²) in [6.45, 7) is 7.04. The van der Waals surface area contributed by atoms with Crippen LogP contribution in [0.3, 0.4) is 0 Å². The van der Waals surface area contributed by atoms with Crippen molar-refractivity contribution in [3.8, 4) is 0 Å². The maximum absolute atomic E-state index is 11.4. The topological polar surface area (TPSA) is 111 Å². The molecule has 0 heterocycles. The second-order valence-electron chi connectivity index (χ2n) is 8.81. The molecule has 0 spiro atoms. The number of aliphatic imine (C=N–C) groups is 1. The summed E-state index contributed by atoms with van der Waals surface area (Å²) >= 11 is 0. The highest BCUT2D eigenvalue weighted by molar-refractivity contribution is 5.77. The van der Waals surface area contributed by atoms with Crippen molar-refractivity contribution in [2.24, 2.45) is 28.5 Å². The molecule has 0 aliphatic heterocycles. The van der Waals surface area contributed by atoms with E-state index in [0.29, 0.717) is 31.3 Å². The van der Waals surface area contributed by atoms with Crippen molar-refractivity contribution < 1.29 is 15.3 Å². The van der Waals surface area contributed by atoms with E-state index in [1.807, 2.05) is 6.92 Å². The molecule has 2 rings (SSSR count). The van der Waals surface area contributed by atoms with Gasteiger partial charge in [0, 0.05) is 20.2 Å². The SMILES string of the molecule is C=C(CCCCO)[C@H]1CC[C@@](C)(O)[C@H]2CC[C@@](O)(CCNC(N)=NC)[C@H]2C1. The summed E-state index contributed by atoms with van der Waals surface area (Å²) < 4.78 is 0. The number of fused-ring (bicyclic) bond motifs is 1. The highest BCUT2D eigenvalue weighted by atomic mass is 16.3. The minimum Gasteiger partial charge on any atom is -0.396 e. The van der Waals surface area contributed by atoms with E-state index in [0.717, 1.165) is 44.9 Å². The van der Waals surface area contributed by atoms with Gasteiger partial charge in [0.2, 0.25) is 0 Å². The fourth-order valence-corrected chi connectivity index (χ4v) is 5.21. The molecule has 6 N–H and O–H groups in total. The first-order valence-electron chi connectivity index (χ1n) is 10.4. The molecule has 2 aliphatic rings. The standard InChI is InChI=1S/C21H39N3O3/c1-15(6-4-5-13-25)16-7-9-20(2,26)17-8-10-21(27,18(17)14-16)11-12-24-19(22)23-3/h16-18,25-27H,1,4-14H2,2-3H3,(H3,22,23,24)/t16-,17-,18-,20+,21+/m0/s1. The van der Waals surface area contributed by atoms with Crippen LogP contribution in [0, 0.1) is 17.8 Å². The summed E-state index contributed by atoms with van der Waals surface area (Å²) in [4.78, 5) is 3.90. The minimum absolute atomic E-state index is 0.0659. The average Bonchev–Trinajstić information content (AvgIpc) is 2.87. The Hall–Kier alpha value is -1.11. The van der Waals surface area contributed by atoms with Crippen LogP contribution in [0.25, 0.3) is 0 Å². The number of nitrogens with one attached hydrogen (secondary N) is 1. The smallest absolute Gasteiger partial charge is 0.188 e. The largest absolute Gasteiger partial charge is 0.396 e. The lowest BCUT2D eigenvalue weighted by Crippen LogP contribution is -2.44. The van der Waals surface area contributed by atoms with Gasteiger partial charge in [-0.2, -0.15) is 0 Å². The quantitative estimate of drug-likeness (QED) is 0.191. The zero-order valence-electron chi connectivity index (χ0n) is 17.1. The van der Waals surface area contributed by atoms with E-state index in [1.54, 1.807) is 7.05 Å². The number of nitrogens with two attached hydrogens (primary N) is 1. The van der Waals surface area contributed by atoms with Gasteiger partial charge >= 0.3 is 0 Å². The Kier molecular flexibility index (Phi) is 7.72. The lowest BCUT2D eigenvalue weighted by atomic mass is 9.74. The van der Waals surface area contributed by atoms with Crippen LogP contribution in [-0.4, -0.2) is 52.7 Å². The summed E-state index contributed by atoms with van der Waals surface area (Å²) in [6, 6.07) is 0. The number of hydrogen-bond donors (Lipinski definition) is 5. The van der Waals surface area contributed by atoms with E-state index < -0.39 is 11.2 Å². The lowest BCUT2D eigenvalue weighted by Gasteiger charge is -2.37. The molecule has 2 aliphatic carbocycles. The van der Waals surface area contributed by atoms with Crippen molar-refractivity contribution in [3.05, 3.63) is 12.2 Å². The minimum atomic E-state index is -0.788. The molecule has 0 radical (unpaired) electrons. The highest BCUT2D eigenvalue weighted by Gasteiger charge is 2.54. The van der Waals surface area contributed by atoms with E-state index in [-0.39, 0.29) is 18.4 Å². The molecule has 5 atom stereocenters. The van der Waals surface area contributed by atoms with Crippen molar-refractivity contribution in [2.75, 3.05) is 20.2 Å². The second kappa shape index (κ2) is 9.39. The van der Waals surface area contributed by atoms with Crippen LogP contribution in [0.4, 0.5) is 0 Å². The van der Waals surface area contributed by atoms with E-state index in [2.05, 4.69) is 16.9 Å². The van der Waals surface area contributed by atoms with Gasteiger partial charge in [-0.25, -0.2) is 0 Å². The molecule has 2 fully saturated rings. The molecular formula is C21H39N3O3. The first-order valence-corrected chi connectivity index (χ1v) is 10.4. The van der Waals surface area contributed by atoms with E-state index in [9.17, 15) is 10.2 Å². The second-order valence-corrected chi connectivity index (χ2v) is 8.81. The molecule has 2 saturated carbocycles. The van der Waals surface area contributed by atoms with Gasteiger partial charge in [-0.15, -0.1) is 0 Å². The summed E-state index contributed by atoms with van der Waals surface area (Å²) in [5, 5.41) is 34.6. The van der Waals surface area contributed by atoms with Gasteiger partial charge in [-0.05, 0) is 82.5 Å². The van der Waals surface area contributed by atoms with Crippen LogP contribution in [0.1, 0.15) is 64.7 Å². The zero-order valence-corrected chi connectivity index (χ0v) is 17.1. The molecule has 156 valence electrons. The van der Waals surface area contributed by atoms with Crippen molar-refractivity contribution in [1.29, 1.82) is 0 Å². The summed E-state index contributed by atoms with van der Waals surface area (Å²) in [6.07, 6.45) is 7.38. The van der Waals surface area contributed by atoms with Crippen LogP contribution in [0.5, 0.6) is 0 Å². The van der Waals surface area contributed by atoms with Crippen LogP contribution < -0.4 is 11.1 Å². The first-order chi connectivity index (χ1) is 12.7. The molecule has 0 unspecified atom stereocenters. The summed E-state index contributed by atoms with van der Waals surface area (Å²) in [7, 11) is 1.64. The van der Waals surface area contributed by atoms with Crippen molar-refractivity contribution in [3.63, 3.8) is 0 Å². The molecule has 6 heteroatoms. The predicted molar refractivity (Wildman–Crippen MR) is 109 cm³/mol. The Bertz CT molecular complexity index is 535. The third-order valence-corrected chi connectivity index (χ3v) is 6.99. The maximum atomic E-state index is 11.4. The van der Waals surface area contributed by atoms with Gasteiger partial charge in [-0.1, -0.05) is 12.2 Å². The maximum Gasteiger partial charge on any atom is 0.188 e. The monoisotopic (exact) mass is 381 g/mol. The molecular weight excluding hydrogens is 342 g/mol. The Morgan fingerprint density at radius 1 is 1.22 bits per heavy atom. The van der Waals surface area contributed by atoms with Crippen molar-refractivity contribution >= 4 is 5.96 Å². The molecule has 0 amide bonds. The number of aliphatic hydroxyl groups excluding tert-OH is 1. The highest BCUT2D eigenvalue weighted by Crippen LogP contribution is 2.54. The number of hydrogen-bond acceptors (Lipinski definition) is 4. The molecule has 0 aromatic heterocycles. The number of allylic oxidation sites excluding steroid dienone is 1. The van der Waals surface area contributed by atoms with Gasteiger partial charge in [0.25, 0.3) is 0 Å². The molecule has 0 saturated heterocycles. The van der Waals surface area contributed by atoms with Crippen LogP contribution in [0.15, 0.2) is 17.1 Å². The Morgan fingerprint density at radius 2 is 1.96 bits per heavy atom. The Morgan fingerprint density at radius 3 is 2.63 bits per heavy atom. The zero-order chi connectivity index (χ0) is 20.1. The number of unbranched alkanes of at least 4 members (excludes halogenated alkanes) is 1. The van der Waals surface area contributed by atoms with Gasteiger partial charge in [0.05, 0.1) is 11.2 Å². The third-order valence-electron chi connectivity index (χ3n) is 6.99. The van der Waals surface area contributed by atoms with E-state index in [1.165, 1.54) is 5.57 Å².